The number of hydrogen-bond acceptors (Lipinski definition) is 6. The van der Waals surface area contributed by atoms with E-state index in [-0.39, 0.29) is 37.5 Å². The Morgan fingerprint density at radius 1 is 0.280 bits per heavy atom. The molecule has 75 heavy (non-hydrogen) atoms. The van der Waals surface area contributed by atoms with Crippen molar-refractivity contribution in [3.8, 4) is 0 Å². The molecule has 6 heteroatoms. The highest BCUT2D eigenvalue weighted by molar-refractivity contribution is 5.71. The summed E-state index contributed by atoms with van der Waals surface area (Å²) in [6, 6.07) is 0. The Bertz CT molecular complexity index is 1620. The van der Waals surface area contributed by atoms with Gasteiger partial charge in [0, 0.05) is 19.3 Å². The van der Waals surface area contributed by atoms with Crippen LogP contribution in [-0.4, -0.2) is 37.2 Å². The summed E-state index contributed by atoms with van der Waals surface area (Å²) in [5.74, 6) is -0.948. The van der Waals surface area contributed by atoms with Crippen LogP contribution in [-0.2, 0) is 28.6 Å². The zero-order valence-electron chi connectivity index (χ0n) is 48.5. The van der Waals surface area contributed by atoms with Crippen molar-refractivity contribution in [2.45, 2.75) is 271 Å². The summed E-state index contributed by atoms with van der Waals surface area (Å²) in [7, 11) is 0. The van der Waals surface area contributed by atoms with Gasteiger partial charge in [-0.3, -0.25) is 14.4 Å². The number of unbranched alkanes of at least 4 members (excludes halogenated alkanes) is 21. The number of ether oxygens (including phenoxy) is 3. The van der Waals surface area contributed by atoms with Crippen LogP contribution in [0.4, 0.5) is 0 Å². The SMILES string of the molecule is CC/C=C\C/C=C\C/C=C\C/C=C\C/C=C\CCCCCCCCCCCC(=O)OCC(COC(=O)CCCCCCC/C=C\CCCCCC)OC(=O)CCCCC/C=C\C/C=C\C/C=C\C/C=C\C/C=C\CC. The largest absolute Gasteiger partial charge is 0.462 e. The second kappa shape index (κ2) is 62.1. The van der Waals surface area contributed by atoms with Crippen LogP contribution in [0, 0.1) is 0 Å². The van der Waals surface area contributed by atoms with Crippen LogP contribution < -0.4 is 0 Å². The summed E-state index contributed by atoms with van der Waals surface area (Å²) in [6.07, 6.45) is 87.3. The molecule has 0 fully saturated rings. The molecule has 424 valence electrons. The number of esters is 3. The first-order valence-electron chi connectivity index (χ1n) is 30.7. The highest BCUT2D eigenvalue weighted by atomic mass is 16.6. The highest BCUT2D eigenvalue weighted by Crippen LogP contribution is 2.14. The maximum atomic E-state index is 12.9. The van der Waals surface area contributed by atoms with Gasteiger partial charge in [-0.15, -0.1) is 0 Å². The van der Waals surface area contributed by atoms with E-state index in [0.29, 0.717) is 12.8 Å². The Kier molecular flexibility index (Phi) is 58.4. The van der Waals surface area contributed by atoms with Gasteiger partial charge in [0.1, 0.15) is 13.2 Å². The van der Waals surface area contributed by atoms with Crippen molar-refractivity contribution in [2.75, 3.05) is 13.2 Å². The van der Waals surface area contributed by atoms with Crippen molar-refractivity contribution in [1.29, 1.82) is 0 Å². The number of carbonyl (C=O) groups is 3. The fraction of sp³-hybridized carbons (Fsp3) is 0.638. The summed E-state index contributed by atoms with van der Waals surface area (Å²) in [4.78, 5) is 38.2. The third-order valence-corrected chi connectivity index (χ3v) is 12.6. The first kappa shape index (κ1) is 70.5. The van der Waals surface area contributed by atoms with Crippen LogP contribution in [0.3, 0.4) is 0 Å². The molecular formula is C69H112O6. The number of rotatable bonds is 54. The Hall–Kier alpha value is -4.45. The fourth-order valence-corrected chi connectivity index (χ4v) is 8.08. The Morgan fingerprint density at radius 2 is 0.520 bits per heavy atom. The molecule has 1 atom stereocenters. The van der Waals surface area contributed by atoms with Crippen molar-refractivity contribution < 1.29 is 28.6 Å². The van der Waals surface area contributed by atoms with Gasteiger partial charge in [-0.2, -0.15) is 0 Å². The Labute approximate surface area is 462 Å². The number of allylic oxidation sites excluding steroid dienone is 22. The molecule has 0 aromatic rings. The second-order valence-electron chi connectivity index (χ2n) is 19.8. The molecule has 0 radical (unpaired) electrons. The number of hydrogen-bond donors (Lipinski definition) is 0. The van der Waals surface area contributed by atoms with E-state index in [1.54, 1.807) is 0 Å². The third kappa shape index (κ3) is 60.3. The third-order valence-electron chi connectivity index (χ3n) is 12.6. The van der Waals surface area contributed by atoms with Gasteiger partial charge in [-0.25, -0.2) is 0 Å². The molecule has 0 heterocycles. The summed E-state index contributed by atoms with van der Waals surface area (Å²) >= 11 is 0. The molecule has 6 nitrogen and oxygen atoms in total. The minimum atomic E-state index is -0.807. The quantitative estimate of drug-likeness (QED) is 0.0261. The van der Waals surface area contributed by atoms with Gasteiger partial charge >= 0.3 is 17.9 Å². The van der Waals surface area contributed by atoms with Crippen molar-refractivity contribution in [2.24, 2.45) is 0 Å². The zero-order valence-corrected chi connectivity index (χ0v) is 48.5. The molecule has 0 saturated heterocycles. The van der Waals surface area contributed by atoms with E-state index in [1.807, 2.05) is 0 Å². The van der Waals surface area contributed by atoms with E-state index in [2.05, 4.69) is 154 Å². The van der Waals surface area contributed by atoms with Crippen LogP contribution in [0.1, 0.15) is 265 Å². The van der Waals surface area contributed by atoms with Crippen LogP contribution in [0.15, 0.2) is 134 Å². The van der Waals surface area contributed by atoms with Gasteiger partial charge in [0.2, 0.25) is 0 Å². The smallest absolute Gasteiger partial charge is 0.306 e. The monoisotopic (exact) mass is 1040 g/mol. The molecule has 0 N–H and O–H groups in total. The molecule has 0 amide bonds. The molecule has 0 aliphatic heterocycles. The summed E-state index contributed by atoms with van der Waals surface area (Å²) in [6.45, 7) is 6.36. The number of carbonyl (C=O) groups excluding carboxylic acids is 3. The average Bonchev–Trinajstić information content (AvgIpc) is 3.41. The minimum absolute atomic E-state index is 0.101. The molecule has 1 unspecified atom stereocenters. The van der Waals surface area contributed by atoms with E-state index in [9.17, 15) is 14.4 Å². The van der Waals surface area contributed by atoms with Crippen molar-refractivity contribution in [3.63, 3.8) is 0 Å². The minimum Gasteiger partial charge on any atom is -0.462 e. The van der Waals surface area contributed by atoms with E-state index >= 15 is 0 Å². The molecule has 0 aliphatic rings. The lowest BCUT2D eigenvalue weighted by Gasteiger charge is -2.18. The summed E-state index contributed by atoms with van der Waals surface area (Å²) in [5, 5.41) is 0. The van der Waals surface area contributed by atoms with Crippen LogP contribution >= 0.6 is 0 Å². The van der Waals surface area contributed by atoms with Gasteiger partial charge in [0.05, 0.1) is 0 Å². The average molecular weight is 1040 g/mol. The first-order valence-corrected chi connectivity index (χ1v) is 30.7. The summed E-state index contributed by atoms with van der Waals surface area (Å²) in [5.41, 5.74) is 0. The Morgan fingerprint density at radius 3 is 0.840 bits per heavy atom. The van der Waals surface area contributed by atoms with E-state index in [1.165, 1.54) is 77.0 Å². The lowest BCUT2D eigenvalue weighted by atomic mass is 10.1. The predicted octanol–water partition coefficient (Wildman–Crippen LogP) is 21.0. The van der Waals surface area contributed by atoms with Crippen molar-refractivity contribution in [1.82, 2.24) is 0 Å². The second-order valence-corrected chi connectivity index (χ2v) is 19.8. The van der Waals surface area contributed by atoms with Crippen LogP contribution in [0.2, 0.25) is 0 Å². The van der Waals surface area contributed by atoms with E-state index < -0.39 is 6.10 Å². The van der Waals surface area contributed by atoms with E-state index in [4.69, 9.17) is 14.2 Å². The summed E-state index contributed by atoms with van der Waals surface area (Å²) < 4.78 is 16.9. The normalized spacial score (nSPS) is 13.1. The van der Waals surface area contributed by atoms with Gasteiger partial charge in [0.15, 0.2) is 6.10 Å². The fourth-order valence-electron chi connectivity index (χ4n) is 8.08. The van der Waals surface area contributed by atoms with Crippen molar-refractivity contribution in [3.05, 3.63) is 134 Å². The van der Waals surface area contributed by atoms with Crippen LogP contribution in [0.5, 0.6) is 0 Å². The maximum Gasteiger partial charge on any atom is 0.306 e. The zero-order chi connectivity index (χ0) is 54.3. The highest BCUT2D eigenvalue weighted by Gasteiger charge is 2.19. The van der Waals surface area contributed by atoms with E-state index in [0.717, 1.165) is 148 Å². The molecule has 0 spiro atoms. The van der Waals surface area contributed by atoms with Gasteiger partial charge in [-0.1, -0.05) is 244 Å². The van der Waals surface area contributed by atoms with Crippen LogP contribution in [0.25, 0.3) is 0 Å². The molecule has 0 rings (SSSR count). The molecular weight excluding hydrogens is 925 g/mol. The van der Waals surface area contributed by atoms with Gasteiger partial charge in [0.25, 0.3) is 0 Å². The molecule has 0 bridgehead atoms. The maximum absolute atomic E-state index is 12.9. The molecule has 0 aromatic carbocycles. The van der Waals surface area contributed by atoms with Gasteiger partial charge < -0.3 is 14.2 Å². The topological polar surface area (TPSA) is 78.9 Å². The first-order chi connectivity index (χ1) is 37.0. The lowest BCUT2D eigenvalue weighted by Crippen LogP contribution is -2.30. The standard InChI is InChI=1S/C69H112O6/c1-4-7-10-13-16-19-22-25-27-29-31-32-33-34-35-36-38-39-41-44-47-50-53-56-59-62-68(71)74-65-66(64-73-67(70)61-58-55-52-49-46-43-24-21-18-15-12-9-6-3)75-69(72)63-60-57-54-51-48-45-42-40-37-30-28-26-23-20-17-14-11-8-5-2/h7-8,10-11,16-17,19-21,24-28,31-32,34-35,37,40,45,48,66H,4-6,9,12-15,18,22-23,29-30,33,36,38-39,41-44,46-47,49-65H2,1-3H3/b10-7-,11-8-,19-16-,20-17-,24-21-,27-25-,28-26-,32-31-,35-34-,40-37-,48-45-. The Balaban J connectivity index is 4.42. The molecule has 0 aromatic heterocycles. The predicted molar refractivity (Wildman–Crippen MR) is 325 cm³/mol. The molecule has 0 saturated carbocycles. The van der Waals surface area contributed by atoms with Crippen molar-refractivity contribution >= 4 is 17.9 Å². The van der Waals surface area contributed by atoms with Gasteiger partial charge in [-0.05, 0) is 135 Å². The molecule has 0 aliphatic carbocycles. The lowest BCUT2D eigenvalue weighted by molar-refractivity contribution is -0.167.